The molecule has 1 aliphatic rings. The van der Waals surface area contributed by atoms with Crippen molar-refractivity contribution >= 4 is 27.7 Å². The summed E-state index contributed by atoms with van der Waals surface area (Å²) in [6, 6.07) is 2.74. The summed E-state index contributed by atoms with van der Waals surface area (Å²) in [6.45, 7) is 3.23. The van der Waals surface area contributed by atoms with Gasteiger partial charge >= 0.3 is 0 Å². The average molecular weight is 357 g/mol. The predicted molar refractivity (Wildman–Crippen MR) is 92.4 cm³/mol. The normalized spacial score (nSPS) is 18.1. The van der Waals surface area contributed by atoms with Crippen LogP contribution in [0.5, 0.6) is 0 Å². The highest BCUT2D eigenvalue weighted by Gasteiger charge is 2.16. The zero-order valence-corrected chi connectivity index (χ0v) is 14.7. The molecule has 1 heterocycles. The van der Waals surface area contributed by atoms with Crippen LogP contribution >= 0.6 is 27.7 Å². The van der Waals surface area contributed by atoms with E-state index in [1.165, 1.54) is 43.4 Å². The molecule has 1 unspecified atom stereocenters. The van der Waals surface area contributed by atoms with Crippen molar-refractivity contribution in [2.75, 3.05) is 12.3 Å². The predicted octanol–water partition coefficient (Wildman–Crippen LogP) is 4.43. The quantitative estimate of drug-likeness (QED) is 0.781. The van der Waals surface area contributed by atoms with Crippen molar-refractivity contribution < 1.29 is 0 Å². The Labute approximate surface area is 135 Å². The lowest BCUT2D eigenvalue weighted by atomic mass is 10.0. The largest absolute Gasteiger partial charge is 0.313 e. The number of thioether (sulfide) groups is 1. The van der Waals surface area contributed by atoms with Crippen molar-refractivity contribution in [2.24, 2.45) is 0 Å². The van der Waals surface area contributed by atoms with Crippen molar-refractivity contribution in [3.63, 3.8) is 0 Å². The first kappa shape index (κ1) is 16.3. The van der Waals surface area contributed by atoms with Crippen molar-refractivity contribution in [2.45, 2.75) is 56.7 Å². The fourth-order valence-corrected chi connectivity index (χ4v) is 4.63. The summed E-state index contributed by atoms with van der Waals surface area (Å²) in [4.78, 5) is 4.27. The second kappa shape index (κ2) is 9.06. The molecular formula is C16H25BrN2S. The molecule has 1 aliphatic carbocycles. The Bertz CT molecular complexity index is 394. The fraction of sp³-hybridized carbons (Fsp3) is 0.688. The zero-order valence-electron chi connectivity index (χ0n) is 12.3. The van der Waals surface area contributed by atoms with Gasteiger partial charge in [0.25, 0.3) is 0 Å². The SMILES string of the molecule is CCNC(CSC1CCCCC1)Cc1cncc(Br)c1. The van der Waals surface area contributed by atoms with Gasteiger partial charge in [0.2, 0.25) is 0 Å². The molecular weight excluding hydrogens is 332 g/mol. The second-order valence-electron chi connectivity index (χ2n) is 5.56. The number of halogens is 1. The van der Waals surface area contributed by atoms with Gasteiger partial charge in [-0.3, -0.25) is 4.98 Å². The molecule has 4 heteroatoms. The molecule has 0 spiro atoms. The molecule has 1 fully saturated rings. The lowest BCUT2D eigenvalue weighted by molar-refractivity contribution is 0.513. The third-order valence-electron chi connectivity index (χ3n) is 3.82. The molecule has 1 saturated carbocycles. The molecule has 2 nitrogen and oxygen atoms in total. The first-order valence-corrected chi connectivity index (χ1v) is 9.56. The maximum atomic E-state index is 4.27. The van der Waals surface area contributed by atoms with E-state index in [1.807, 2.05) is 12.4 Å². The van der Waals surface area contributed by atoms with E-state index in [1.54, 1.807) is 0 Å². The number of hydrogen-bond acceptors (Lipinski definition) is 3. The third kappa shape index (κ3) is 5.74. The van der Waals surface area contributed by atoms with Gasteiger partial charge in [0.1, 0.15) is 0 Å². The van der Waals surface area contributed by atoms with Gasteiger partial charge < -0.3 is 5.32 Å². The van der Waals surface area contributed by atoms with Gasteiger partial charge in [-0.25, -0.2) is 0 Å². The van der Waals surface area contributed by atoms with E-state index < -0.39 is 0 Å². The van der Waals surface area contributed by atoms with Crippen molar-refractivity contribution in [3.05, 3.63) is 28.5 Å². The molecule has 1 atom stereocenters. The lowest BCUT2D eigenvalue weighted by Crippen LogP contribution is -2.34. The van der Waals surface area contributed by atoms with Crippen LogP contribution in [0.25, 0.3) is 0 Å². The molecule has 0 radical (unpaired) electrons. The Hall–Kier alpha value is -0.0600. The summed E-state index contributed by atoms with van der Waals surface area (Å²) in [6.07, 6.45) is 12.0. The number of rotatable bonds is 7. The molecule has 0 aromatic carbocycles. The molecule has 0 saturated heterocycles. The monoisotopic (exact) mass is 356 g/mol. The molecule has 1 aromatic heterocycles. The highest BCUT2D eigenvalue weighted by atomic mass is 79.9. The van der Waals surface area contributed by atoms with E-state index in [0.29, 0.717) is 6.04 Å². The number of aromatic nitrogens is 1. The van der Waals surface area contributed by atoms with Gasteiger partial charge in [-0.1, -0.05) is 26.2 Å². The summed E-state index contributed by atoms with van der Waals surface area (Å²) >= 11 is 5.68. The second-order valence-corrected chi connectivity index (χ2v) is 7.81. The molecule has 112 valence electrons. The minimum atomic E-state index is 0.558. The highest BCUT2D eigenvalue weighted by Crippen LogP contribution is 2.29. The minimum absolute atomic E-state index is 0.558. The van der Waals surface area contributed by atoms with Crippen LogP contribution in [0.3, 0.4) is 0 Å². The van der Waals surface area contributed by atoms with Crippen molar-refractivity contribution in [3.8, 4) is 0 Å². The minimum Gasteiger partial charge on any atom is -0.313 e. The van der Waals surface area contributed by atoms with Gasteiger partial charge in [-0.05, 0) is 53.4 Å². The van der Waals surface area contributed by atoms with Gasteiger partial charge in [0, 0.05) is 33.9 Å². The summed E-state index contributed by atoms with van der Waals surface area (Å²) in [5.74, 6) is 1.21. The van der Waals surface area contributed by atoms with E-state index >= 15 is 0 Å². The Morgan fingerprint density at radius 1 is 1.35 bits per heavy atom. The smallest absolute Gasteiger partial charge is 0.0410 e. The Kier molecular flexibility index (Phi) is 7.39. The highest BCUT2D eigenvalue weighted by molar-refractivity contribution is 9.10. The maximum absolute atomic E-state index is 4.27. The zero-order chi connectivity index (χ0) is 14.2. The Morgan fingerprint density at radius 3 is 2.85 bits per heavy atom. The van der Waals surface area contributed by atoms with Crippen molar-refractivity contribution in [1.29, 1.82) is 0 Å². The van der Waals surface area contributed by atoms with Crippen LogP contribution in [-0.4, -0.2) is 28.6 Å². The first-order chi connectivity index (χ1) is 9.78. The van der Waals surface area contributed by atoms with E-state index in [4.69, 9.17) is 0 Å². The van der Waals surface area contributed by atoms with Crippen LogP contribution in [0, 0.1) is 0 Å². The van der Waals surface area contributed by atoms with Gasteiger partial charge in [-0.2, -0.15) is 11.8 Å². The van der Waals surface area contributed by atoms with Gasteiger partial charge in [0.05, 0.1) is 0 Å². The molecule has 1 aromatic rings. The summed E-state index contributed by atoms with van der Waals surface area (Å²) in [7, 11) is 0. The number of likely N-dealkylation sites (N-methyl/N-ethyl adjacent to an activating group) is 1. The van der Waals surface area contributed by atoms with E-state index in [0.717, 1.165) is 22.7 Å². The fourth-order valence-electron chi connectivity index (χ4n) is 2.81. The average Bonchev–Trinajstić information content (AvgIpc) is 2.46. The summed E-state index contributed by atoms with van der Waals surface area (Å²) in [5.41, 5.74) is 1.31. The van der Waals surface area contributed by atoms with Crippen LogP contribution in [0.1, 0.15) is 44.6 Å². The van der Waals surface area contributed by atoms with Crippen LogP contribution in [-0.2, 0) is 6.42 Å². The standard InChI is InChI=1S/C16H25BrN2S/c1-2-19-15(9-13-8-14(17)11-18-10-13)12-20-16-6-4-3-5-7-16/h8,10-11,15-16,19H,2-7,9,12H2,1H3. The van der Waals surface area contributed by atoms with Gasteiger partial charge in [0.15, 0.2) is 0 Å². The maximum Gasteiger partial charge on any atom is 0.0410 e. The Morgan fingerprint density at radius 2 is 2.15 bits per heavy atom. The van der Waals surface area contributed by atoms with Gasteiger partial charge in [-0.15, -0.1) is 0 Å². The number of hydrogen-bond donors (Lipinski definition) is 1. The van der Waals surface area contributed by atoms with E-state index in [9.17, 15) is 0 Å². The van der Waals surface area contributed by atoms with E-state index in [2.05, 4.69) is 51.0 Å². The summed E-state index contributed by atoms with van der Waals surface area (Å²) in [5, 5.41) is 4.52. The number of pyridine rings is 1. The molecule has 0 amide bonds. The summed E-state index contributed by atoms with van der Waals surface area (Å²) < 4.78 is 1.07. The van der Waals surface area contributed by atoms with Crippen LogP contribution in [0.4, 0.5) is 0 Å². The molecule has 0 aliphatic heterocycles. The van der Waals surface area contributed by atoms with Crippen LogP contribution < -0.4 is 5.32 Å². The van der Waals surface area contributed by atoms with Crippen molar-refractivity contribution in [1.82, 2.24) is 10.3 Å². The Balaban J connectivity index is 1.82. The topological polar surface area (TPSA) is 24.9 Å². The molecule has 0 bridgehead atoms. The van der Waals surface area contributed by atoms with Crippen LogP contribution in [0.15, 0.2) is 22.9 Å². The molecule has 20 heavy (non-hydrogen) atoms. The first-order valence-electron chi connectivity index (χ1n) is 7.72. The van der Waals surface area contributed by atoms with E-state index in [-0.39, 0.29) is 0 Å². The number of nitrogens with one attached hydrogen (secondary N) is 1. The third-order valence-corrected chi connectivity index (χ3v) is 5.79. The molecule has 2 rings (SSSR count). The van der Waals surface area contributed by atoms with Crippen LogP contribution in [0.2, 0.25) is 0 Å². The molecule has 1 N–H and O–H groups in total. The number of nitrogens with zero attached hydrogens (tertiary/aromatic N) is 1. The lowest BCUT2D eigenvalue weighted by Gasteiger charge is -2.24.